The largest absolute Gasteiger partial charge is 0.478 e. The average molecular weight is 375 g/mol. The van der Waals surface area contributed by atoms with Gasteiger partial charge in [-0.1, -0.05) is 15.9 Å². The summed E-state index contributed by atoms with van der Waals surface area (Å²) < 4.78 is 27.3. The van der Waals surface area contributed by atoms with Crippen LogP contribution in [0.3, 0.4) is 0 Å². The first-order valence-corrected chi connectivity index (χ1v) is 8.47. The topological polar surface area (TPSA) is 107 Å². The molecule has 0 heterocycles. The quantitative estimate of drug-likeness (QED) is 0.712. The Morgan fingerprint density at radius 3 is 2.67 bits per heavy atom. The number of rotatable bonds is 7. The Morgan fingerprint density at radius 2 is 2.10 bits per heavy atom. The highest BCUT2D eigenvalue weighted by Gasteiger charge is 2.20. The van der Waals surface area contributed by atoms with Crippen molar-refractivity contribution in [2.45, 2.75) is 31.1 Å². The molecule has 0 radical (unpaired) electrons. The van der Waals surface area contributed by atoms with Gasteiger partial charge < -0.3 is 5.11 Å². The van der Waals surface area contributed by atoms with E-state index in [4.69, 9.17) is 10.4 Å². The van der Waals surface area contributed by atoms with E-state index in [1.54, 1.807) is 6.92 Å². The van der Waals surface area contributed by atoms with Gasteiger partial charge in [0.05, 0.1) is 16.5 Å². The van der Waals surface area contributed by atoms with Crippen LogP contribution >= 0.6 is 15.9 Å². The zero-order chi connectivity index (χ0) is 16.0. The lowest BCUT2D eigenvalue weighted by Crippen LogP contribution is -2.26. The molecule has 0 aliphatic rings. The van der Waals surface area contributed by atoms with Gasteiger partial charge in [-0.2, -0.15) is 5.26 Å². The van der Waals surface area contributed by atoms with Crippen molar-refractivity contribution in [1.29, 1.82) is 5.26 Å². The van der Waals surface area contributed by atoms with E-state index in [0.29, 0.717) is 29.3 Å². The maximum Gasteiger partial charge on any atom is 0.335 e. The van der Waals surface area contributed by atoms with Crippen molar-refractivity contribution >= 4 is 31.9 Å². The monoisotopic (exact) mass is 374 g/mol. The van der Waals surface area contributed by atoms with E-state index in [-0.39, 0.29) is 17.0 Å². The molecule has 1 aromatic rings. The molecule has 0 atom stereocenters. The summed E-state index contributed by atoms with van der Waals surface area (Å²) in [4.78, 5) is 10.9. The number of hydrogen-bond acceptors (Lipinski definition) is 4. The zero-order valence-electron chi connectivity index (χ0n) is 11.4. The van der Waals surface area contributed by atoms with Crippen LogP contribution in [-0.4, -0.2) is 26.0 Å². The third-order valence-electron chi connectivity index (χ3n) is 2.84. The number of hydrogen-bond donors (Lipinski definition) is 2. The van der Waals surface area contributed by atoms with Crippen molar-refractivity contribution in [2.75, 3.05) is 6.54 Å². The fraction of sp³-hybridized carbons (Fsp3) is 0.385. The van der Waals surface area contributed by atoms with Crippen molar-refractivity contribution in [3.05, 3.63) is 27.7 Å². The Labute approximate surface area is 132 Å². The van der Waals surface area contributed by atoms with Crippen molar-refractivity contribution in [3.63, 3.8) is 0 Å². The van der Waals surface area contributed by atoms with E-state index in [9.17, 15) is 13.2 Å². The van der Waals surface area contributed by atoms with Crippen LogP contribution in [0.2, 0.25) is 0 Å². The molecule has 1 aromatic carbocycles. The van der Waals surface area contributed by atoms with Crippen molar-refractivity contribution in [3.8, 4) is 6.07 Å². The second-order valence-electron chi connectivity index (χ2n) is 4.40. The van der Waals surface area contributed by atoms with Crippen LogP contribution in [-0.2, 0) is 10.0 Å². The molecule has 0 aliphatic heterocycles. The molecule has 0 aliphatic carbocycles. The molecular formula is C13H15BrN2O4S. The van der Waals surface area contributed by atoms with Crippen LogP contribution in [0.1, 0.15) is 35.2 Å². The minimum absolute atomic E-state index is 0.0606. The summed E-state index contributed by atoms with van der Waals surface area (Å²) in [6.07, 6.45) is 1.53. The Hall–Kier alpha value is -1.43. The molecule has 0 unspecified atom stereocenters. The minimum Gasteiger partial charge on any atom is -0.478 e. The first-order valence-electron chi connectivity index (χ1n) is 6.19. The van der Waals surface area contributed by atoms with Crippen LogP contribution in [0.4, 0.5) is 0 Å². The maximum absolute atomic E-state index is 12.2. The molecule has 114 valence electrons. The molecule has 0 saturated carbocycles. The molecule has 2 N–H and O–H groups in total. The van der Waals surface area contributed by atoms with Crippen molar-refractivity contribution in [1.82, 2.24) is 4.72 Å². The third-order valence-corrected chi connectivity index (χ3v) is 5.25. The highest BCUT2D eigenvalue weighted by Crippen LogP contribution is 2.25. The first kappa shape index (κ1) is 17.6. The second kappa shape index (κ2) is 7.54. The highest BCUT2D eigenvalue weighted by atomic mass is 79.9. The fourth-order valence-electron chi connectivity index (χ4n) is 1.67. The van der Waals surface area contributed by atoms with Crippen LogP contribution in [0.5, 0.6) is 0 Å². The molecule has 0 aromatic heterocycles. The smallest absolute Gasteiger partial charge is 0.335 e. The summed E-state index contributed by atoms with van der Waals surface area (Å²) in [7, 11) is -3.78. The Balaban J connectivity index is 2.97. The van der Waals surface area contributed by atoms with Gasteiger partial charge in [-0.05, 0) is 37.5 Å². The maximum atomic E-state index is 12.2. The van der Waals surface area contributed by atoms with Gasteiger partial charge in [0.2, 0.25) is 10.0 Å². The number of nitriles is 1. The average Bonchev–Trinajstić information content (AvgIpc) is 2.40. The fourth-order valence-corrected chi connectivity index (χ4v) is 3.62. The van der Waals surface area contributed by atoms with Gasteiger partial charge in [0.15, 0.2) is 0 Å². The predicted molar refractivity (Wildman–Crippen MR) is 80.5 cm³/mol. The highest BCUT2D eigenvalue weighted by molar-refractivity contribution is 9.10. The summed E-state index contributed by atoms with van der Waals surface area (Å²) >= 11 is 3.17. The van der Waals surface area contributed by atoms with E-state index in [0.717, 1.165) is 6.07 Å². The van der Waals surface area contributed by atoms with Crippen molar-refractivity contribution in [2.24, 2.45) is 0 Å². The van der Waals surface area contributed by atoms with E-state index < -0.39 is 16.0 Å². The number of carbonyl (C=O) groups is 1. The van der Waals surface area contributed by atoms with Gasteiger partial charge in [0, 0.05) is 17.4 Å². The molecule has 0 spiro atoms. The predicted octanol–water partition coefficient (Wildman–Crippen LogP) is 2.43. The summed E-state index contributed by atoms with van der Waals surface area (Å²) in [5.41, 5.74) is 0.349. The van der Waals surface area contributed by atoms with Gasteiger partial charge in [0.25, 0.3) is 0 Å². The summed E-state index contributed by atoms with van der Waals surface area (Å²) in [5.74, 6) is -1.19. The standard InChI is InChI=1S/C13H15BrN2O4S/c1-9-11(14)7-10(13(17)18)8-12(9)21(19,20)16-6-4-2-3-5-15/h7-8,16H,2-4,6H2,1H3,(H,17,18). The number of unbranched alkanes of at least 4 members (excludes halogenated alkanes) is 2. The van der Waals surface area contributed by atoms with Crippen LogP contribution in [0.25, 0.3) is 0 Å². The number of halogens is 1. The third kappa shape index (κ3) is 4.81. The van der Waals surface area contributed by atoms with Gasteiger partial charge in [0.1, 0.15) is 0 Å². The minimum atomic E-state index is -3.78. The van der Waals surface area contributed by atoms with Crippen LogP contribution in [0, 0.1) is 18.3 Å². The molecule has 21 heavy (non-hydrogen) atoms. The van der Waals surface area contributed by atoms with Gasteiger partial charge >= 0.3 is 5.97 Å². The Kier molecular flexibility index (Phi) is 6.33. The summed E-state index contributed by atoms with van der Waals surface area (Å²) in [6, 6.07) is 4.49. The molecular weight excluding hydrogens is 360 g/mol. The van der Waals surface area contributed by atoms with Crippen molar-refractivity contribution < 1.29 is 18.3 Å². The van der Waals surface area contributed by atoms with Gasteiger partial charge in [-0.15, -0.1) is 0 Å². The molecule has 0 fully saturated rings. The zero-order valence-corrected chi connectivity index (χ0v) is 13.8. The number of aromatic carboxylic acids is 1. The Morgan fingerprint density at radius 1 is 1.43 bits per heavy atom. The molecule has 8 heteroatoms. The molecule has 6 nitrogen and oxygen atoms in total. The van der Waals surface area contributed by atoms with E-state index in [1.807, 2.05) is 6.07 Å². The lowest BCUT2D eigenvalue weighted by molar-refractivity contribution is 0.0696. The molecule has 0 saturated heterocycles. The van der Waals surface area contributed by atoms with Gasteiger partial charge in [-0.3, -0.25) is 0 Å². The number of sulfonamides is 1. The van der Waals surface area contributed by atoms with Gasteiger partial charge in [-0.25, -0.2) is 17.9 Å². The number of carboxylic acids is 1. The van der Waals surface area contributed by atoms with Crippen LogP contribution < -0.4 is 4.72 Å². The van der Waals surface area contributed by atoms with Crippen LogP contribution in [0.15, 0.2) is 21.5 Å². The molecule has 0 amide bonds. The number of benzene rings is 1. The Bertz CT molecular complexity index is 680. The number of nitrogens with zero attached hydrogens (tertiary/aromatic N) is 1. The number of nitrogens with one attached hydrogen (secondary N) is 1. The number of carboxylic acid groups (broad SMARTS) is 1. The summed E-state index contributed by atoms with van der Waals surface area (Å²) in [6.45, 7) is 1.80. The van der Waals surface area contributed by atoms with E-state index >= 15 is 0 Å². The lowest BCUT2D eigenvalue weighted by atomic mass is 10.1. The molecule has 1 rings (SSSR count). The second-order valence-corrected chi connectivity index (χ2v) is 6.99. The van der Waals surface area contributed by atoms with E-state index in [1.165, 1.54) is 6.07 Å². The lowest BCUT2D eigenvalue weighted by Gasteiger charge is -2.11. The first-order chi connectivity index (χ1) is 9.79. The summed E-state index contributed by atoms with van der Waals surface area (Å²) in [5, 5.41) is 17.4. The normalized spacial score (nSPS) is 11.1. The SMILES string of the molecule is Cc1c(Br)cc(C(=O)O)cc1S(=O)(=O)NCCCCC#N. The van der Waals surface area contributed by atoms with E-state index in [2.05, 4.69) is 20.7 Å². The molecule has 0 bridgehead atoms.